The first-order valence-electron chi connectivity index (χ1n) is 4.18. The maximum atomic E-state index is 11.7. The van der Waals surface area contributed by atoms with E-state index in [1.54, 1.807) is 0 Å². The van der Waals surface area contributed by atoms with E-state index >= 15 is 0 Å². The van der Waals surface area contributed by atoms with Crippen LogP contribution in [0.4, 0.5) is 18.9 Å². The Balaban J connectivity index is 2.74. The maximum Gasteiger partial charge on any atom is 0.428 e. The van der Waals surface area contributed by atoms with Gasteiger partial charge in [-0.05, 0) is 24.3 Å². The van der Waals surface area contributed by atoms with E-state index in [0.29, 0.717) is 0 Å². The molecule has 0 unspecified atom stereocenters. The number of nitrogens with one attached hydrogen (secondary N) is 1. The Morgan fingerprint density at radius 1 is 1.24 bits per heavy atom. The fourth-order valence-electron chi connectivity index (χ4n) is 0.899. The number of hydrogen-bond donors (Lipinski definition) is 2. The largest absolute Gasteiger partial charge is 0.428 e. The summed E-state index contributed by atoms with van der Waals surface area (Å²) in [5, 5.41) is 7.76. The van der Waals surface area contributed by atoms with E-state index in [2.05, 4.69) is 10.5 Å². The van der Waals surface area contributed by atoms with Crippen LogP contribution in [-0.4, -0.2) is 20.8 Å². The van der Waals surface area contributed by atoms with Crippen LogP contribution < -0.4 is 10.6 Å². The summed E-state index contributed by atoms with van der Waals surface area (Å²) >= 11 is 0. The minimum Gasteiger partial charge on any atom is -0.279 e. The number of benzene rings is 1. The molecular formula is C8H8F3N3O2S. The van der Waals surface area contributed by atoms with Crippen LogP contribution in [0, 0.1) is 0 Å². The molecule has 17 heavy (non-hydrogen) atoms. The average molecular weight is 267 g/mol. The molecule has 0 saturated heterocycles. The van der Waals surface area contributed by atoms with Crippen molar-refractivity contribution >= 4 is 21.9 Å². The van der Waals surface area contributed by atoms with Gasteiger partial charge < -0.3 is 0 Å². The zero-order valence-corrected chi connectivity index (χ0v) is 9.09. The first kappa shape index (κ1) is 13.5. The summed E-state index contributed by atoms with van der Waals surface area (Å²) in [6.07, 6.45) is -4.73. The molecule has 0 aromatic heterocycles. The van der Waals surface area contributed by atoms with Gasteiger partial charge in [-0.25, -0.2) is 13.6 Å². The number of nitrogens with two attached hydrogens (primary N) is 1. The Morgan fingerprint density at radius 3 is 2.18 bits per heavy atom. The molecule has 0 aliphatic rings. The van der Waals surface area contributed by atoms with Gasteiger partial charge in [-0.3, -0.25) is 5.43 Å². The topological polar surface area (TPSA) is 84.5 Å². The summed E-state index contributed by atoms with van der Waals surface area (Å²) in [5.41, 5.74) is 2.30. The second kappa shape index (κ2) is 4.72. The van der Waals surface area contributed by atoms with E-state index in [9.17, 15) is 21.6 Å². The summed E-state index contributed by atoms with van der Waals surface area (Å²) < 4.78 is 56.8. The molecule has 1 aromatic carbocycles. The van der Waals surface area contributed by atoms with Crippen LogP contribution in [-0.2, 0) is 10.0 Å². The van der Waals surface area contributed by atoms with Gasteiger partial charge in [0.25, 0.3) is 0 Å². The van der Waals surface area contributed by atoms with E-state index in [4.69, 9.17) is 5.14 Å². The van der Waals surface area contributed by atoms with Gasteiger partial charge in [-0.2, -0.15) is 18.3 Å². The Kier molecular flexibility index (Phi) is 3.73. The monoisotopic (exact) mass is 267 g/mol. The van der Waals surface area contributed by atoms with E-state index in [0.717, 1.165) is 12.1 Å². The molecule has 1 rings (SSSR count). The standard InChI is InChI=1S/C8H8F3N3O2S/c9-8(10,11)5-13-14-6-1-3-7(4-2-6)17(12,15)16/h1-5,14H,(H2,12,15,16). The van der Waals surface area contributed by atoms with Gasteiger partial charge in [-0.1, -0.05) is 0 Å². The summed E-state index contributed by atoms with van der Waals surface area (Å²) in [6, 6.07) is 4.79. The zero-order chi connectivity index (χ0) is 13.1. The third kappa shape index (κ3) is 4.83. The minimum atomic E-state index is -4.51. The fraction of sp³-hybridized carbons (Fsp3) is 0.125. The summed E-state index contributed by atoms with van der Waals surface area (Å²) in [4.78, 5) is -0.136. The SMILES string of the molecule is NS(=O)(=O)c1ccc(NN=CC(F)(F)F)cc1. The highest BCUT2D eigenvalue weighted by atomic mass is 32.2. The molecule has 5 nitrogen and oxygen atoms in total. The normalized spacial score (nSPS) is 12.9. The number of alkyl halides is 3. The van der Waals surface area contributed by atoms with Gasteiger partial charge in [0.15, 0.2) is 0 Å². The van der Waals surface area contributed by atoms with Crippen molar-refractivity contribution in [2.45, 2.75) is 11.1 Å². The van der Waals surface area contributed by atoms with Crippen LogP contribution >= 0.6 is 0 Å². The second-order valence-electron chi connectivity index (χ2n) is 2.98. The second-order valence-corrected chi connectivity index (χ2v) is 4.54. The lowest BCUT2D eigenvalue weighted by atomic mass is 10.3. The van der Waals surface area contributed by atoms with Crippen molar-refractivity contribution in [3.8, 4) is 0 Å². The van der Waals surface area contributed by atoms with Crippen LogP contribution in [0.3, 0.4) is 0 Å². The van der Waals surface area contributed by atoms with E-state index in [-0.39, 0.29) is 16.8 Å². The van der Waals surface area contributed by atoms with Gasteiger partial charge in [0.05, 0.1) is 10.6 Å². The molecule has 3 N–H and O–H groups in total. The first-order chi connectivity index (χ1) is 7.68. The Labute approximate surface area is 95.2 Å². The molecule has 0 fully saturated rings. The highest BCUT2D eigenvalue weighted by Gasteiger charge is 2.23. The quantitative estimate of drug-likeness (QED) is 0.639. The van der Waals surface area contributed by atoms with Gasteiger partial charge in [-0.15, -0.1) is 0 Å². The van der Waals surface area contributed by atoms with Gasteiger partial charge >= 0.3 is 6.18 Å². The number of hydrazone groups is 1. The van der Waals surface area contributed by atoms with Gasteiger partial charge in [0.2, 0.25) is 10.0 Å². The van der Waals surface area contributed by atoms with Crippen LogP contribution in [0.25, 0.3) is 0 Å². The summed E-state index contributed by atoms with van der Waals surface area (Å²) in [6.45, 7) is 0. The molecule has 0 aliphatic heterocycles. The molecule has 0 atom stereocenters. The van der Waals surface area contributed by atoms with E-state index in [1.807, 2.05) is 0 Å². The number of halogens is 3. The van der Waals surface area contributed by atoms with Crippen LogP contribution in [0.2, 0.25) is 0 Å². The molecule has 1 aromatic rings. The Morgan fingerprint density at radius 2 is 1.76 bits per heavy atom. The average Bonchev–Trinajstić information content (AvgIpc) is 2.15. The number of nitrogens with zero attached hydrogens (tertiary/aromatic N) is 1. The molecule has 0 aliphatic carbocycles. The Bertz CT molecular complexity index is 508. The number of anilines is 1. The number of primary sulfonamides is 1. The van der Waals surface area contributed by atoms with Crippen molar-refractivity contribution in [2.75, 3.05) is 5.43 Å². The molecule has 94 valence electrons. The molecule has 0 radical (unpaired) electrons. The predicted octanol–water partition coefficient (Wildman–Crippen LogP) is 1.29. The third-order valence-corrected chi connectivity index (χ3v) is 2.52. The number of rotatable bonds is 3. The summed E-state index contributed by atoms with van der Waals surface area (Å²) in [5.74, 6) is 0. The van der Waals surface area contributed by atoms with Crippen LogP contribution in [0.5, 0.6) is 0 Å². The highest BCUT2D eigenvalue weighted by molar-refractivity contribution is 7.89. The van der Waals surface area contributed by atoms with Crippen molar-refractivity contribution < 1.29 is 21.6 Å². The lowest BCUT2D eigenvalue weighted by Gasteiger charge is -2.02. The molecule has 0 spiro atoms. The first-order valence-corrected chi connectivity index (χ1v) is 5.73. The zero-order valence-electron chi connectivity index (χ0n) is 8.27. The van der Waals surface area contributed by atoms with Crippen LogP contribution in [0.15, 0.2) is 34.3 Å². The van der Waals surface area contributed by atoms with Crippen molar-refractivity contribution in [1.29, 1.82) is 0 Å². The molecule has 0 bridgehead atoms. The molecule has 0 amide bonds. The van der Waals surface area contributed by atoms with Crippen molar-refractivity contribution in [3.63, 3.8) is 0 Å². The Hall–Kier alpha value is -1.61. The van der Waals surface area contributed by atoms with E-state index < -0.39 is 16.2 Å². The molecule has 0 heterocycles. The van der Waals surface area contributed by atoms with Crippen molar-refractivity contribution in [1.82, 2.24) is 0 Å². The summed E-state index contributed by atoms with van der Waals surface area (Å²) in [7, 11) is -3.81. The van der Waals surface area contributed by atoms with Crippen LogP contribution in [0.1, 0.15) is 0 Å². The molecule has 0 saturated carbocycles. The minimum absolute atomic E-state index is 0.136. The van der Waals surface area contributed by atoms with Crippen molar-refractivity contribution in [2.24, 2.45) is 10.2 Å². The number of sulfonamides is 1. The maximum absolute atomic E-state index is 11.7. The lowest BCUT2D eigenvalue weighted by molar-refractivity contribution is -0.0536. The lowest BCUT2D eigenvalue weighted by Crippen LogP contribution is -2.12. The molecular weight excluding hydrogens is 259 g/mol. The third-order valence-electron chi connectivity index (χ3n) is 1.59. The predicted molar refractivity (Wildman–Crippen MR) is 56.0 cm³/mol. The van der Waals surface area contributed by atoms with Gasteiger partial charge in [0, 0.05) is 0 Å². The number of hydrogen-bond acceptors (Lipinski definition) is 4. The highest BCUT2D eigenvalue weighted by Crippen LogP contribution is 2.14. The van der Waals surface area contributed by atoms with E-state index in [1.165, 1.54) is 12.1 Å². The fourth-order valence-corrected chi connectivity index (χ4v) is 1.41. The smallest absolute Gasteiger partial charge is 0.279 e. The van der Waals surface area contributed by atoms with Crippen molar-refractivity contribution in [3.05, 3.63) is 24.3 Å². The molecule has 9 heteroatoms. The van der Waals surface area contributed by atoms with Gasteiger partial charge in [0.1, 0.15) is 6.21 Å².